The van der Waals surface area contributed by atoms with Crippen LogP contribution >= 0.6 is 0 Å². The summed E-state index contributed by atoms with van der Waals surface area (Å²) in [5.74, 6) is -0.230. The Morgan fingerprint density at radius 3 is 2.44 bits per heavy atom. The Morgan fingerprint density at radius 2 is 1.84 bits per heavy atom. The SMILES string of the molecule is C[C@@H](Cn1cncn1)C(=O)N1CCN(S(=O)(=O)c2ccccc2)CC1. The van der Waals surface area contributed by atoms with Gasteiger partial charge in [0, 0.05) is 26.2 Å². The Kier molecular flexibility index (Phi) is 5.14. The predicted molar refractivity (Wildman–Crippen MR) is 91.0 cm³/mol. The van der Waals surface area contributed by atoms with E-state index in [1.165, 1.54) is 10.6 Å². The summed E-state index contributed by atoms with van der Waals surface area (Å²) < 4.78 is 28.3. The number of hydrogen-bond donors (Lipinski definition) is 0. The van der Waals surface area contributed by atoms with Crippen LogP contribution in [0.1, 0.15) is 6.92 Å². The molecule has 9 heteroatoms. The number of benzene rings is 1. The normalized spacial score (nSPS) is 17.4. The molecule has 1 aromatic carbocycles. The van der Waals surface area contributed by atoms with Gasteiger partial charge in [-0.25, -0.2) is 13.4 Å². The molecule has 2 heterocycles. The first kappa shape index (κ1) is 17.6. The fourth-order valence-corrected chi connectivity index (χ4v) is 4.33. The van der Waals surface area contributed by atoms with Crippen molar-refractivity contribution in [3.63, 3.8) is 0 Å². The second kappa shape index (κ2) is 7.32. The number of carbonyl (C=O) groups excluding carboxylic acids is 1. The van der Waals surface area contributed by atoms with Gasteiger partial charge in [0.1, 0.15) is 12.7 Å². The van der Waals surface area contributed by atoms with Crippen LogP contribution in [0, 0.1) is 5.92 Å². The average Bonchev–Trinajstić information content (AvgIpc) is 3.15. The third kappa shape index (κ3) is 3.88. The fraction of sp³-hybridized carbons (Fsp3) is 0.438. The number of aromatic nitrogens is 3. The van der Waals surface area contributed by atoms with Gasteiger partial charge in [0.25, 0.3) is 0 Å². The van der Waals surface area contributed by atoms with Crippen LogP contribution in [0.5, 0.6) is 0 Å². The van der Waals surface area contributed by atoms with Crippen LogP contribution in [0.4, 0.5) is 0 Å². The number of nitrogens with zero attached hydrogens (tertiary/aromatic N) is 5. The topological polar surface area (TPSA) is 88.4 Å². The molecule has 134 valence electrons. The Hall–Kier alpha value is -2.26. The third-order valence-electron chi connectivity index (χ3n) is 4.28. The van der Waals surface area contributed by atoms with Gasteiger partial charge < -0.3 is 4.90 Å². The van der Waals surface area contributed by atoms with Crippen molar-refractivity contribution in [3.05, 3.63) is 43.0 Å². The lowest BCUT2D eigenvalue weighted by Crippen LogP contribution is -2.51. The highest BCUT2D eigenvalue weighted by atomic mass is 32.2. The zero-order chi connectivity index (χ0) is 17.9. The van der Waals surface area contributed by atoms with E-state index in [9.17, 15) is 13.2 Å². The van der Waals surface area contributed by atoms with E-state index in [1.54, 1.807) is 46.2 Å². The molecule has 1 aromatic heterocycles. The van der Waals surface area contributed by atoms with Crippen LogP contribution in [-0.2, 0) is 21.4 Å². The minimum atomic E-state index is -3.50. The largest absolute Gasteiger partial charge is 0.340 e. The Morgan fingerprint density at radius 1 is 1.16 bits per heavy atom. The quantitative estimate of drug-likeness (QED) is 0.769. The molecule has 0 spiro atoms. The molecular weight excluding hydrogens is 342 g/mol. The van der Waals surface area contributed by atoms with Crippen LogP contribution < -0.4 is 0 Å². The summed E-state index contributed by atoms with van der Waals surface area (Å²) in [7, 11) is -3.50. The maximum atomic E-state index is 12.6. The van der Waals surface area contributed by atoms with E-state index in [0.717, 1.165) is 0 Å². The number of piperazine rings is 1. The molecular formula is C16H21N5O3S. The van der Waals surface area contributed by atoms with Crippen molar-refractivity contribution in [2.45, 2.75) is 18.4 Å². The molecule has 0 aliphatic carbocycles. The molecule has 1 fully saturated rings. The lowest BCUT2D eigenvalue weighted by Gasteiger charge is -2.35. The smallest absolute Gasteiger partial charge is 0.243 e. The van der Waals surface area contributed by atoms with Gasteiger partial charge in [0.05, 0.1) is 17.4 Å². The standard InChI is InChI=1S/C16H21N5O3S/c1-14(11-20-13-17-12-18-20)16(22)19-7-9-21(10-8-19)25(23,24)15-5-3-2-4-6-15/h2-6,12-14H,7-11H2,1H3/t14-/m0/s1. The highest BCUT2D eigenvalue weighted by molar-refractivity contribution is 7.89. The monoisotopic (exact) mass is 363 g/mol. The van der Waals surface area contributed by atoms with Crippen LogP contribution in [0.3, 0.4) is 0 Å². The molecule has 1 aliphatic rings. The van der Waals surface area contributed by atoms with Crippen molar-refractivity contribution in [3.8, 4) is 0 Å². The number of amides is 1. The summed E-state index contributed by atoms with van der Waals surface area (Å²) in [5, 5.41) is 4.01. The lowest BCUT2D eigenvalue weighted by atomic mass is 10.1. The zero-order valence-electron chi connectivity index (χ0n) is 14.0. The van der Waals surface area contributed by atoms with E-state index in [4.69, 9.17) is 0 Å². The first-order valence-electron chi connectivity index (χ1n) is 8.15. The fourth-order valence-electron chi connectivity index (χ4n) is 2.89. The molecule has 0 bridgehead atoms. The van der Waals surface area contributed by atoms with E-state index in [0.29, 0.717) is 32.7 Å². The molecule has 2 aromatic rings. The lowest BCUT2D eigenvalue weighted by molar-refractivity contribution is -0.136. The van der Waals surface area contributed by atoms with E-state index in [1.807, 2.05) is 6.92 Å². The van der Waals surface area contributed by atoms with Crippen molar-refractivity contribution in [1.82, 2.24) is 24.0 Å². The van der Waals surface area contributed by atoms with Crippen molar-refractivity contribution in [1.29, 1.82) is 0 Å². The van der Waals surface area contributed by atoms with Gasteiger partial charge in [0.15, 0.2) is 0 Å². The zero-order valence-corrected chi connectivity index (χ0v) is 14.8. The molecule has 0 N–H and O–H groups in total. The summed E-state index contributed by atoms with van der Waals surface area (Å²) in [4.78, 5) is 18.4. The van der Waals surface area contributed by atoms with Crippen LogP contribution in [-0.4, -0.2) is 64.5 Å². The summed E-state index contributed by atoms with van der Waals surface area (Å²) in [6.45, 7) is 3.70. The molecule has 3 rings (SSSR count). The maximum absolute atomic E-state index is 12.6. The van der Waals surface area contributed by atoms with Crippen molar-refractivity contribution in [2.24, 2.45) is 5.92 Å². The maximum Gasteiger partial charge on any atom is 0.243 e. The molecule has 8 nitrogen and oxygen atoms in total. The molecule has 1 atom stereocenters. The van der Waals surface area contributed by atoms with Crippen molar-refractivity contribution in [2.75, 3.05) is 26.2 Å². The van der Waals surface area contributed by atoms with E-state index < -0.39 is 10.0 Å². The molecule has 1 amide bonds. The average molecular weight is 363 g/mol. The molecule has 1 aliphatic heterocycles. The van der Waals surface area contributed by atoms with Crippen LogP contribution in [0.25, 0.3) is 0 Å². The van der Waals surface area contributed by atoms with Gasteiger partial charge >= 0.3 is 0 Å². The molecule has 0 unspecified atom stereocenters. The van der Waals surface area contributed by atoms with E-state index in [-0.39, 0.29) is 16.7 Å². The highest BCUT2D eigenvalue weighted by Gasteiger charge is 2.31. The van der Waals surface area contributed by atoms with Crippen LogP contribution in [0.15, 0.2) is 47.9 Å². The minimum Gasteiger partial charge on any atom is -0.340 e. The molecule has 0 radical (unpaired) electrons. The van der Waals surface area contributed by atoms with Crippen molar-refractivity contribution < 1.29 is 13.2 Å². The van der Waals surface area contributed by atoms with E-state index >= 15 is 0 Å². The minimum absolute atomic E-state index is 0.00672. The third-order valence-corrected chi connectivity index (χ3v) is 6.19. The van der Waals surface area contributed by atoms with Gasteiger partial charge in [-0.3, -0.25) is 9.48 Å². The summed E-state index contributed by atoms with van der Waals surface area (Å²) in [6.07, 6.45) is 3.01. The summed E-state index contributed by atoms with van der Waals surface area (Å²) in [5.41, 5.74) is 0. The molecule has 25 heavy (non-hydrogen) atoms. The van der Waals surface area contributed by atoms with Gasteiger partial charge in [-0.2, -0.15) is 9.40 Å². The second-order valence-electron chi connectivity index (χ2n) is 6.06. The summed E-state index contributed by atoms with van der Waals surface area (Å²) >= 11 is 0. The number of carbonyl (C=O) groups is 1. The van der Waals surface area contributed by atoms with Gasteiger partial charge in [-0.1, -0.05) is 25.1 Å². The van der Waals surface area contributed by atoms with E-state index in [2.05, 4.69) is 10.1 Å². The first-order chi connectivity index (χ1) is 12.0. The predicted octanol–water partition coefficient (Wildman–Crippen LogP) is 0.447. The van der Waals surface area contributed by atoms with Gasteiger partial charge in [-0.15, -0.1) is 0 Å². The number of hydrogen-bond acceptors (Lipinski definition) is 5. The van der Waals surface area contributed by atoms with Crippen LogP contribution in [0.2, 0.25) is 0 Å². The molecule has 1 saturated heterocycles. The number of sulfonamides is 1. The Bertz CT molecular complexity index is 800. The highest BCUT2D eigenvalue weighted by Crippen LogP contribution is 2.18. The Balaban J connectivity index is 1.59. The first-order valence-corrected chi connectivity index (χ1v) is 9.59. The van der Waals surface area contributed by atoms with Gasteiger partial charge in [0.2, 0.25) is 15.9 Å². The Labute approximate surface area is 147 Å². The summed E-state index contributed by atoms with van der Waals surface area (Å²) in [6, 6.07) is 8.38. The molecule has 0 saturated carbocycles. The second-order valence-corrected chi connectivity index (χ2v) is 8.00. The van der Waals surface area contributed by atoms with Gasteiger partial charge in [-0.05, 0) is 12.1 Å². The van der Waals surface area contributed by atoms with Crippen molar-refractivity contribution >= 4 is 15.9 Å². The number of rotatable bonds is 5.